The molecule has 0 bridgehead atoms. The first-order valence-corrected chi connectivity index (χ1v) is 7.18. The molecule has 0 amide bonds. The lowest BCUT2D eigenvalue weighted by atomic mass is 9.74. The van der Waals surface area contributed by atoms with Crippen LogP contribution in [0.25, 0.3) is 0 Å². The molecule has 3 atom stereocenters. The van der Waals surface area contributed by atoms with Gasteiger partial charge in [0, 0.05) is 6.61 Å². The van der Waals surface area contributed by atoms with E-state index in [1.165, 1.54) is 19.3 Å². The highest BCUT2D eigenvalue weighted by molar-refractivity contribution is 5.05. The fourth-order valence-corrected chi connectivity index (χ4v) is 3.12. The number of hydrogen-bond acceptors (Lipinski definition) is 2. The van der Waals surface area contributed by atoms with E-state index in [1.807, 2.05) is 6.08 Å². The second-order valence-corrected chi connectivity index (χ2v) is 5.37. The Hall–Kier alpha value is -0.340. The zero-order valence-electron chi connectivity index (χ0n) is 11.8. The Morgan fingerprint density at radius 3 is 2.82 bits per heavy atom. The van der Waals surface area contributed by atoms with Crippen molar-refractivity contribution in [2.75, 3.05) is 13.2 Å². The third kappa shape index (κ3) is 3.82. The predicted octanol–water partition coefficient (Wildman–Crippen LogP) is 3.53. The van der Waals surface area contributed by atoms with Gasteiger partial charge in [-0.1, -0.05) is 32.8 Å². The number of rotatable bonds is 7. The summed E-state index contributed by atoms with van der Waals surface area (Å²) in [4.78, 5) is 0. The Morgan fingerprint density at radius 1 is 1.53 bits per heavy atom. The van der Waals surface area contributed by atoms with Gasteiger partial charge >= 0.3 is 0 Å². The lowest BCUT2D eigenvalue weighted by Crippen LogP contribution is -2.54. The van der Waals surface area contributed by atoms with Crippen LogP contribution in [-0.2, 0) is 4.74 Å². The lowest BCUT2D eigenvalue weighted by molar-refractivity contribution is -0.0902. The molecule has 0 aromatic rings. The maximum absolute atomic E-state index is 6.16. The molecule has 0 aliphatic heterocycles. The average Bonchev–Trinajstić information content (AvgIpc) is 2.30. The quantitative estimate of drug-likeness (QED) is 0.686. The molecule has 1 N–H and O–H groups in total. The van der Waals surface area contributed by atoms with Crippen LogP contribution in [0, 0.1) is 5.92 Å². The van der Waals surface area contributed by atoms with Crippen LogP contribution in [0.1, 0.15) is 52.9 Å². The summed E-state index contributed by atoms with van der Waals surface area (Å²) >= 11 is 0. The summed E-state index contributed by atoms with van der Waals surface area (Å²) in [6.45, 7) is 12.5. The summed E-state index contributed by atoms with van der Waals surface area (Å²) in [6, 6.07) is 0.296. The Bertz CT molecular complexity index is 225. The Labute approximate surface area is 107 Å². The van der Waals surface area contributed by atoms with Gasteiger partial charge in [-0.05, 0) is 38.6 Å². The van der Waals surface area contributed by atoms with Crippen LogP contribution in [0.3, 0.4) is 0 Å². The van der Waals surface area contributed by atoms with Crippen LogP contribution in [0.4, 0.5) is 0 Å². The molecular weight excluding hydrogens is 210 g/mol. The minimum atomic E-state index is -0.0106. The van der Waals surface area contributed by atoms with Crippen molar-refractivity contribution in [3.8, 4) is 0 Å². The van der Waals surface area contributed by atoms with Gasteiger partial charge in [-0.3, -0.25) is 0 Å². The highest BCUT2D eigenvalue weighted by Crippen LogP contribution is 2.38. The number of nitrogens with one attached hydrogen (secondary N) is 1. The molecule has 17 heavy (non-hydrogen) atoms. The second kappa shape index (κ2) is 7.17. The molecule has 3 unspecified atom stereocenters. The van der Waals surface area contributed by atoms with E-state index >= 15 is 0 Å². The highest BCUT2D eigenvalue weighted by Gasteiger charge is 2.41. The van der Waals surface area contributed by atoms with Crippen LogP contribution in [0.15, 0.2) is 12.7 Å². The van der Waals surface area contributed by atoms with Crippen molar-refractivity contribution >= 4 is 0 Å². The summed E-state index contributed by atoms with van der Waals surface area (Å²) in [5.41, 5.74) is -0.0106. The molecule has 2 heteroatoms. The van der Waals surface area contributed by atoms with E-state index in [1.54, 1.807) is 0 Å². The molecular formula is C15H29NO. The first-order valence-electron chi connectivity index (χ1n) is 7.18. The summed E-state index contributed by atoms with van der Waals surface area (Å²) in [5.74, 6) is 0.765. The standard InChI is InChI=1S/C15H29NO/c1-5-11-16-14(6-2)15(17-7-3)10-8-9-13(4)12-15/h6,13-14,16H,2,5,7-12H2,1,3-4H3. The van der Waals surface area contributed by atoms with Crippen LogP contribution < -0.4 is 5.32 Å². The molecule has 0 aromatic carbocycles. The summed E-state index contributed by atoms with van der Waals surface area (Å²) < 4.78 is 6.16. The Kier molecular flexibility index (Phi) is 6.21. The molecule has 1 fully saturated rings. The van der Waals surface area contributed by atoms with Gasteiger partial charge in [-0.15, -0.1) is 6.58 Å². The topological polar surface area (TPSA) is 21.3 Å². The van der Waals surface area contributed by atoms with Gasteiger partial charge in [0.2, 0.25) is 0 Å². The molecule has 1 saturated carbocycles. The molecule has 0 spiro atoms. The molecule has 1 aliphatic carbocycles. The molecule has 2 nitrogen and oxygen atoms in total. The third-order valence-corrected chi connectivity index (χ3v) is 3.84. The van der Waals surface area contributed by atoms with Gasteiger partial charge in [-0.25, -0.2) is 0 Å². The van der Waals surface area contributed by atoms with Crippen molar-refractivity contribution in [3.05, 3.63) is 12.7 Å². The minimum absolute atomic E-state index is 0.0106. The normalized spacial score (nSPS) is 31.1. The molecule has 1 aliphatic rings. The number of hydrogen-bond donors (Lipinski definition) is 1. The Morgan fingerprint density at radius 2 is 2.29 bits per heavy atom. The third-order valence-electron chi connectivity index (χ3n) is 3.84. The van der Waals surface area contributed by atoms with Gasteiger partial charge in [0.1, 0.15) is 0 Å². The van der Waals surface area contributed by atoms with Crippen LogP contribution >= 0.6 is 0 Å². The summed E-state index contributed by atoms with van der Waals surface area (Å²) in [7, 11) is 0. The molecule has 100 valence electrons. The zero-order valence-corrected chi connectivity index (χ0v) is 11.8. The summed E-state index contributed by atoms with van der Waals surface area (Å²) in [6.07, 6.45) is 8.14. The number of ether oxygens (including phenoxy) is 1. The maximum Gasteiger partial charge on any atom is 0.0872 e. The largest absolute Gasteiger partial charge is 0.373 e. The zero-order chi connectivity index (χ0) is 12.7. The van der Waals surface area contributed by atoms with Crippen LogP contribution in [-0.4, -0.2) is 24.8 Å². The van der Waals surface area contributed by atoms with Crippen molar-refractivity contribution in [1.82, 2.24) is 5.32 Å². The lowest BCUT2D eigenvalue weighted by Gasteiger charge is -2.44. The monoisotopic (exact) mass is 239 g/mol. The van der Waals surface area contributed by atoms with Crippen LogP contribution in [0.5, 0.6) is 0 Å². The van der Waals surface area contributed by atoms with E-state index in [0.29, 0.717) is 6.04 Å². The summed E-state index contributed by atoms with van der Waals surface area (Å²) in [5, 5.41) is 3.59. The van der Waals surface area contributed by atoms with Gasteiger partial charge in [-0.2, -0.15) is 0 Å². The smallest absolute Gasteiger partial charge is 0.0872 e. The fourth-order valence-electron chi connectivity index (χ4n) is 3.12. The highest BCUT2D eigenvalue weighted by atomic mass is 16.5. The van der Waals surface area contributed by atoms with E-state index in [2.05, 4.69) is 32.7 Å². The first-order chi connectivity index (χ1) is 8.18. The second-order valence-electron chi connectivity index (χ2n) is 5.37. The van der Waals surface area contributed by atoms with E-state index in [-0.39, 0.29) is 5.60 Å². The van der Waals surface area contributed by atoms with E-state index in [4.69, 9.17) is 4.74 Å². The van der Waals surface area contributed by atoms with Gasteiger partial charge < -0.3 is 10.1 Å². The van der Waals surface area contributed by atoms with Gasteiger partial charge in [0.25, 0.3) is 0 Å². The average molecular weight is 239 g/mol. The molecule has 0 saturated heterocycles. The molecule has 1 rings (SSSR count). The van der Waals surface area contributed by atoms with Crippen LogP contribution in [0.2, 0.25) is 0 Å². The van der Waals surface area contributed by atoms with Gasteiger partial charge in [0.15, 0.2) is 0 Å². The van der Waals surface area contributed by atoms with E-state index in [9.17, 15) is 0 Å². The SMILES string of the molecule is C=CC(NCCC)C1(OCC)CCCC(C)C1. The molecule has 0 heterocycles. The van der Waals surface area contributed by atoms with Crippen molar-refractivity contribution in [3.63, 3.8) is 0 Å². The van der Waals surface area contributed by atoms with E-state index < -0.39 is 0 Å². The van der Waals surface area contributed by atoms with E-state index in [0.717, 1.165) is 31.9 Å². The first kappa shape index (κ1) is 14.7. The van der Waals surface area contributed by atoms with Crippen molar-refractivity contribution < 1.29 is 4.74 Å². The van der Waals surface area contributed by atoms with Crippen molar-refractivity contribution in [2.24, 2.45) is 5.92 Å². The molecule has 0 radical (unpaired) electrons. The fraction of sp³-hybridized carbons (Fsp3) is 0.867. The maximum atomic E-state index is 6.16. The van der Waals surface area contributed by atoms with Crippen molar-refractivity contribution in [1.29, 1.82) is 0 Å². The minimum Gasteiger partial charge on any atom is -0.373 e. The van der Waals surface area contributed by atoms with Gasteiger partial charge in [0.05, 0.1) is 11.6 Å². The predicted molar refractivity (Wildman–Crippen MR) is 74.3 cm³/mol. The Balaban J connectivity index is 2.75. The van der Waals surface area contributed by atoms with Crippen molar-refractivity contribution in [2.45, 2.75) is 64.5 Å². The molecule has 0 aromatic heterocycles.